The lowest BCUT2D eigenvalue weighted by molar-refractivity contribution is 0.787. The molecule has 2 heterocycles. The normalized spacial score (nSPS) is 19.1. The Hall–Kier alpha value is -1.48. The predicted molar refractivity (Wildman–Crippen MR) is 75.0 cm³/mol. The highest BCUT2D eigenvalue weighted by molar-refractivity contribution is 7.99. The first-order valence-corrected chi connectivity index (χ1v) is 7.31. The van der Waals surface area contributed by atoms with E-state index in [0.29, 0.717) is 0 Å². The molecule has 3 heteroatoms. The van der Waals surface area contributed by atoms with Crippen molar-refractivity contribution in [2.24, 2.45) is 0 Å². The quantitative estimate of drug-likeness (QED) is 0.885. The third kappa shape index (κ3) is 1.47. The van der Waals surface area contributed by atoms with Crippen molar-refractivity contribution < 1.29 is 0 Å². The molecule has 2 aliphatic rings. The van der Waals surface area contributed by atoms with Crippen LogP contribution in [-0.4, -0.2) is 10.9 Å². The Labute approximate surface area is 111 Å². The summed E-state index contributed by atoms with van der Waals surface area (Å²) in [6.07, 6.45) is 2.45. The standard InChI is InChI=1S/C15H14N2S/c1-2-4-11(5-3-1)15(8-9-15)13-7-6-12-14(17-13)18-10-16-12/h1-7,16H,8-10H2. The fourth-order valence-electron chi connectivity index (χ4n) is 2.71. The molecule has 1 fully saturated rings. The number of nitrogens with one attached hydrogen (secondary N) is 1. The van der Waals surface area contributed by atoms with Crippen LogP contribution < -0.4 is 5.32 Å². The zero-order valence-electron chi connectivity index (χ0n) is 10.0. The van der Waals surface area contributed by atoms with Crippen LogP contribution in [-0.2, 0) is 5.41 Å². The molecule has 0 atom stereocenters. The lowest BCUT2D eigenvalue weighted by atomic mass is 9.92. The molecule has 1 aliphatic carbocycles. The van der Waals surface area contributed by atoms with E-state index in [4.69, 9.17) is 4.98 Å². The third-order valence-corrected chi connectivity index (χ3v) is 4.77. The summed E-state index contributed by atoms with van der Waals surface area (Å²) in [5, 5.41) is 4.50. The summed E-state index contributed by atoms with van der Waals surface area (Å²) < 4.78 is 0. The van der Waals surface area contributed by atoms with Crippen LogP contribution in [0.1, 0.15) is 24.1 Å². The van der Waals surface area contributed by atoms with Crippen molar-refractivity contribution in [3.8, 4) is 0 Å². The van der Waals surface area contributed by atoms with Gasteiger partial charge in [0.05, 0.1) is 17.3 Å². The first kappa shape index (κ1) is 10.4. The number of nitrogens with zero attached hydrogens (tertiary/aromatic N) is 1. The van der Waals surface area contributed by atoms with Crippen LogP contribution >= 0.6 is 11.8 Å². The largest absolute Gasteiger partial charge is 0.373 e. The monoisotopic (exact) mass is 254 g/mol. The number of thioether (sulfide) groups is 1. The summed E-state index contributed by atoms with van der Waals surface area (Å²) >= 11 is 1.80. The molecular weight excluding hydrogens is 240 g/mol. The molecule has 2 nitrogen and oxygen atoms in total. The Kier molecular flexibility index (Phi) is 2.18. The molecule has 0 amide bonds. The minimum Gasteiger partial charge on any atom is -0.373 e. The van der Waals surface area contributed by atoms with E-state index in [1.807, 2.05) is 0 Å². The highest BCUT2D eigenvalue weighted by Gasteiger charge is 2.47. The van der Waals surface area contributed by atoms with Crippen molar-refractivity contribution in [1.29, 1.82) is 0 Å². The Morgan fingerprint density at radius 1 is 1.06 bits per heavy atom. The summed E-state index contributed by atoms with van der Waals surface area (Å²) in [6, 6.07) is 15.2. The van der Waals surface area contributed by atoms with E-state index in [1.165, 1.54) is 29.8 Å². The molecule has 0 bridgehead atoms. The summed E-state index contributed by atoms with van der Waals surface area (Å²) in [4.78, 5) is 4.86. The molecule has 2 aromatic rings. The summed E-state index contributed by atoms with van der Waals surface area (Å²) in [6.45, 7) is 0. The fraction of sp³-hybridized carbons (Fsp3) is 0.267. The van der Waals surface area contributed by atoms with E-state index < -0.39 is 0 Å². The van der Waals surface area contributed by atoms with Gasteiger partial charge in [0.15, 0.2) is 0 Å². The van der Waals surface area contributed by atoms with Gasteiger partial charge in [0, 0.05) is 5.41 Å². The third-order valence-electron chi connectivity index (χ3n) is 3.90. The molecule has 0 radical (unpaired) electrons. The Morgan fingerprint density at radius 3 is 2.67 bits per heavy atom. The van der Waals surface area contributed by atoms with Crippen molar-refractivity contribution >= 4 is 17.4 Å². The zero-order valence-corrected chi connectivity index (χ0v) is 10.8. The van der Waals surface area contributed by atoms with E-state index >= 15 is 0 Å². The average Bonchev–Trinajstić information content (AvgIpc) is 3.11. The molecule has 0 unspecified atom stereocenters. The minimum atomic E-state index is 0.194. The van der Waals surface area contributed by atoms with Crippen LogP contribution in [0.5, 0.6) is 0 Å². The number of rotatable bonds is 2. The number of benzene rings is 1. The van der Waals surface area contributed by atoms with Crippen LogP contribution in [0.2, 0.25) is 0 Å². The molecule has 1 saturated carbocycles. The molecule has 1 aromatic heterocycles. The second kappa shape index (κ2) is 3.75. The van der Waals surface area contributed by atoms with Gasteiger partial charge in [0.2, 0.25) is 0 Å². The van der Waals surface area contributed by atoms with Gasteiger partial charge in [0.25, 0.3) is 0 Å². The molecule has 4 rings (SSSR count). The van der Waals surface area contributed by atoms with Crippen LogP contribution in [0.25, 0.3) is 0 Å². The van der Waals surface area contributed by atoms with Gasteiger partial charge in [-0.25, -0.2) is 4.98 Å². The SMILES string of the molecule is c1ccc(C2(c3ccc4c(n3)SCN4)CC2)cc1. The Morgan fingerprint density at radius 2 is 1.89 bits per heavy atom. The molecule has 1 aromatic carbocycles. The molecule has 0 spiro atoms. The number of pyridine rings is 1. The predicted octanol–water partition coefficient (Wildman–Crippen LogP) is 3.64. The summed E-state index contributed by atoms with van der Waals surface area (Å²) in [5.41, 5.74) is 4.03. The fourth-order valence-corrected chi connectivity index (χ4v) is 3.53. The molecule has 90 valence electrons. The van der Waals surface area contributed by atoms with Crippen molar-refractivity contribution in [2.75, 3.05) is 11.2 Å². The highest BCUT2D eigenvalue weighted by Crippen LogP contribution is 2.53. The smallest absolute Gasteiger partial charge is 0.121 e. The number of hydrogen-bond acceptors (Lipinski definition) is 3. The number of hydrogen-bond donors (Lipinski definition) is 1. The molecule has 0 saturated heterocycles. The maximum absolute atomic E-state index is 4.86. The van der Waals surface area contributed by atoms with E-state index in [1.54, 1.807) is 11.8 Å². The van der Waals surface area contributed by atoms with Gasteiger partial charge >= 0.3 is 0 Å². The zero-order chi connectivity index (χ0) is 12.0. The highest BCUT2D eigenvalue weighted by atomic mass is 32.2. The Bertz CT molecular complexity index is 591. The molecule has 1 aliphatic heterocycles. The van der Waals surface area contributed by atoms with Crippen molar-refractivity contribution in [1.82, 2.24) is 4.98 Å². The Balaban J connectivity index is 1.79. The van der Waals surface area contributed by atoms with Gasteiger partial charge < -0.3 is 5.32 Å². The first-order chi connectivity index (χ1) is 8.88. The number of anilines is 1. The van der Waals surface area contributed by atoms with Crippen molar-refractivity contribution in [3.63, 3.8) is 0 Å². The van der Waals surface area contributed by atoms with Gasteiger partial charge in [-0.05, 0) is 30.5 Å². The molecular formula is C15H14N2S. The van der Waals surface area contributed by atoms with Crippen LogP contribution in [0, 0.1) is 0 Å². The van der Waals surface area contributed by atoms with Gasteiger partial charge in [-0.3, -0.25) is 0 Å². The maximum Gasteiger partial charge on any atom is 0.121 e. The molecule has 1 N–H and O–H groups in total. The number of aromatic nitrogens is 1. The van der Waals surface area contributed by atoms with Crippen LogP contribution in [0.3, 0.4) is 0 Å². The first-order valence-electron chi connectivity index (χ1n) is 6.32. The van der Waals surface area contributed by atoms with Crippen molar-refractivity contribution in [2.45, 2.75) is 23.3 Å². The van der Waals surface area contributed by atoms with Crippen LogP contribution in [0.15, 0.2) is 47.5 Å². The minimum absolute atomic E-state index is 0.194. The second-order valence-electron chi connectivity index (χ2n) is 4.96. The maximum atomic E-state index is 4.86. The van der Waals surface area contributed by atoms with Gasteiger partial charge in [-0.2, -0.15) is 0 Å². The van der Waals surface area contributed by atoms with E-state index in [0.717, 1.165) is 10.9 Å². The summed E-state index contributed by atoms with van der Waals surface area (Å²) in [7, 11) is 0. The lowest BCUT2D eigenvalue weighted by Crippen LogP contribution is -2.10. The van der Waals surface area contributed by atoms with Gasteiger partial charge in [-0.15, -0.1) is 0 Å². The van der Waals surface area contributed by atoms with E-state index in [-0.39, 0.29) is 5.41 Å². The molecule has 18 heavy (non-hydrogen) atoms. The van der Waals surface area contributed by atoms with Gasteiger partial charge in [0.1, 0.15) is 5.03 Å². The van der Waals surface area contributed by atoms with E-state index in [9.17, 15) is 0 Å². The summed E-state index contributed by atoms with van der Waals surface area (Å²) in [5.74, 6) is 0.949. The van der Waals surface area contributed by atoms with E-state index in [2.05, 4.69) is 47.8 Å². The lowest BCUT2D eigenvalue weighted by Gasteiger charge is -2.15. The second-order valence-corrected chi connectivity index (χ2v) is 5.93. The van der Waals surface area contributed by atoms with Gasteiger partial charge in [-0.1, -0.05) is 42.1 Å². The number of fused-ring (bicyclic) bond motifs is 1. The van der Waals surface area contributed by atoms with Crippen molar-refractivity contribution in [3.05, 3.63) is 53.7 Å². The average molecular weight is 254 g/mol. The van der Waals surface area contributed by atoms with Crippen LogP contribution in [0.4, 0.5) is 5.69 Å². The topological polar surface area (TPSA) is 24.9 Å².